The number of hydrogen-bond acceptors (Lipinski definition) is 4. The minimum atomic E-state index is -1.12. The molecule has 0 aliphatic rings. The first-order valence-corrected chi connectivity index (χ1v) is 6.42. The maximum Gasteiger partial charge on any atom is 0.354 e. The van der Waals surface area contributed by atoms with Gasteiger partial charge in [-0.3, -0.25) is 0 Å². The van der Waals surface area contributed by atoms with Gasteiger partial charge in [-0.05, 0) is 37.3 Å². The van der Waals surface area contributed by atoms with Crippen molar-refractivity contribution in [1.82, 2.24) is 9.97 Å². The van der Waals surface area contributed by atoms with E-state index in [0.29, 0.717) is 5.82 Å². The van der Waals surface area contributed by atoms with Crippen molar-refractivity contribution in [1.29, 1.82) is 0 Å². The lowest BCUT2D eigenvalue weighted by Crippen LogP contribution is -2.35. The van der Waals surface area contributed by atoms with Crippen LogP contribution in [0.15, 0.2) is 6.07 Å². The van der Waals surface area contributed by atoms with Crippen LogP contribution in [0.5, 0.6) is 0 Å². The molecular formula is C13H20ClN3O2. The summed E-state index contributed by atoms with van der Waals surface area (Å²) in [6.45, 7) is 10.5. The first-order chi connectivity index (χ1) is 8.48. The van der Waals surface area contributed by atoms with Crippen LogP contribution in [-0.2, 0) is 0 Å². The Morgan fingerprint density at radius 3 is 2.37 bits per heavy atom. The fraction of sp³-hybridized carbons (Fsp3) is 0.615. The third-order valence-corrected chi connectivity index (χ3v) is 2.53. The Morgan fingerprint density at radius 1 is 1.32 bits per heavy atom. The lowest BCUT2D eigenvalue weighted by Gasteiger charge is -2.33. The summed E-state index contributed by atoms with van der Waals surface area (Å²) in [7, 11) is 0. The third kappa shape index (κ3) is 5.42. The number of nitrogens with one attached hydrogen (secondary N) is 1. The van der Waals surface area contributed by atoms with E-state index >= 15 is 0 Å². The maximum absolute atomic E-state index is 10.9. The van der Waals surface area contributed by atoms with Crippen molar-refractivity contribution in [2.24, 2.45) is 5.41 Å². The summed E-state index contributed by atoms with van der Waals surface area (Å²) in [5, 5.41) is 12.1. The van der Waals surface area contributed by atoms with Crippen LogP contribution in [0.3, 0.4) is 0 Å². The zero-order chi connectivity index (χ0) is 14.8. The molecule has 5 nitrogen and oxygen atoms in total. The van der Waals surface area contributed by atoms with Crippen molar-refractivity contribution >= 4 is 23.4 Å². The van der Waals surface area contributed by atoms with Gasteiger partial charge < -0.3 is 10.4 Å². The molecule has 6 heteroatoms. The first-order valence-electron chi connectivity index (χ1n) is 6.05. The number of carbonyl (C=O) groups is 1. The van der Waals surface area contributed by atoms with Gasteiger partial charge in [0.05, 0.1) is 0 Å². The Balaban J connectivity index is 2.96. The molecule has 19 heavy (non-hydrogen) atoms. The molecule has 106 valence electrons. The average Bonchev–Trinajstić information content (AvgIpc) is 2.10. The highest BCUT2D eigenvalue weighted by atomic mass is 35.5. The SMILES string of the molecule is CC(C)(C)CC(C)(C)Nc1cc(C(=O)O)nc(Cl)n1. The molecule has 1 heterocycles. The van der Waals surface area contributed by atoms with Crippen LogP contribution < -0.4 is 5.32 Å². The summed E-state index contributed by atoms with van der Waals surface area (Å²) < 4.78 is 0. The Morgan fingerprint density at radius 2 is 1.89 bits per heavy atom. The summed E-state index contributed by atoms with van der Waals surface area (Å²) in [6.07, 6.45) is 0.893. The Bertz CT molecular complexity index is 481. The smallest absolute Gasteiger partial charge is 0.354 e. The van der Waals surface area contributed by atoms with Gasteiger partial charge in [-0.2, -0.15) is 0 Å². The van der Waals surface area contributed by atoms with Crippen LogP contribution >= 0.6 is 11.6 Å². The minimum absolute atomic E-state index is 0.0750. The summed E-state index contributed by atoms with van der Waals surface area (Å²) in [5.41, 5.74) is -0.205. The van der Waals surface area contributed by atoms with Gasteiger partial charge >= 0.3 is 5.97 Å². The van der Waals surface area contributed by atoms with Crippen LogP contribution in [0.25, 0.3) is 0 Å². The predicted octanol–water partition coefficient (Wildman–Crippen LogP) is 3.45. The van der Waals surface area contributed by atoms with E-state index in [0.717, 1.165) is 6.42 Å². The Hall–Kier alpha value is -1.36. The Kier molecular flexibility index (Phi) is 4.40. The van der Waals surface area contributed by atoms with E-state index in [1.807, 2.05) is 13.8 Å². The number of aromatic nitrogens is 2. The molecule has 0 aliphatic carbocycles. The monoisotopic (exact) mass is 285 g/mol. The van der Waals surface area contributed by atoms with Gasteiger partial charge in [0, 0.05) is 11.6 Å². The fourth-order valence-corrected chi connectivity index (χ4v) is 2.49. The standard InChI is InChI=1S/C13H20ClN3O2/c1-12(2,3)7-13(4,5)17-9-6-8(10(18)19)15-11(14)16-9/h6H,7H2,1-5H3,(H,18,19)(H,15,16,17). The van der Waals surface area contributed by atoms with Gasteiger partial charge in [0.1, 0.15) is 5.82 Å². The van der Waals surface area contributed by atoms with E-state index in [1.54, 1.807) is 0 Å². The molecule has 0 aromatic carbocycles. The van der Waals surface area contributed by atoms with Gasteiger partial charge in [-0.15, -0.1) is 0 Å². The summed E-state index contributed by atoms with van der Waals surface area (Å²) in [4.78, 5) is 18.6. The van der Waals surface area contributed by atoms with Crippen molar-refractivity contribution < 1.29 is 9.90 Å². The minimum Gasteiger partial charge on any atom is -0.477 e. The molecule has 0 radical (unpaired) electrons. The second-order valence-corrected chi connectivity index (χ2v) is 6.80. The molecule has 0 spiro atoms. The molecule has 0 saturated heterocycles. The topological polar surface area (TPSA) is 75.1 Å². The molecule has 0 unspecified atom stereocenters. The van der Waals surface area contributed by atoms with E-state index in [-0.39, 0.29) is 21.9 Å². The largest absolute Gasteiger partial charge is 0.477 e. The molecule has 1 aromatic rings. The second-order valence-electron chi connectivity index (χ2n) is 6.46. The van der Waals surface area contributed by atoms with Crippen LogP contribution in [0.4, 0.5) is 5.82 Å². The average molecular weight is 286 g/mol. The number of carboxylic acid groups (broad SMARTS) is 1. The van der Waals surface area contributed by atoms with E-state index < -0.39 is 5.97 Å². The van der Waals surface area contributed by atoms with Crippen molar-refractivity contribution in [3.05, 3.63) is 17.0 Å². The van der Waals surface area contributed by atoms with Crippen molar-refractivity contribution in [3.63, 3.8) is 0 Å². The summed E-state index contributed by atoms with van der Waals surface area (Å²) in [5.74, 6) is -0.701. The molecule has 0 amide bonds. The zero-order valence-electron chi connectivity index (χ0n) is 11.9. The van der Waals surface area contributed by atoms with Crippen LogP contribution in [0.2, 0.25) is 5.28 Å². The van der Waals surface area contributed by atoms with Crippen molar-refractivity contribution in [3.8, 4) is 0 Å². The lowest BCUT2D eigenvalue weighted by atomic mass is 9.82. The van der Waals surface area contributed by atoms with Crippen LogP contribution in [0.1, 0.15) is 51.5 Å². The predicted molar refractivity (Wildman–Crippen MR) is 75.8 cm³/mol. The highest BCUT2D eigenvalue weighted by molar-refractivity contribution is 6.28. The highest BCUT2D eigenvalue weighted by Crippen LogP contribution is 2.29. The second kappa shape index (κ2) is 5.33. The number of nitrogens with zero attached hydrogens (tertiary/aromatic N) is 2. The highest BCUT2D eigenvalue weighted by Gasteiger charge is 2.26. The fourth-order valence-electron chi connectivity index (χ4n) is 2.31. The molecule has 0 saturated carbocycles. The number of rotatable bonds is 4. The number of hydrogen-bond donors (Lipinski definition) is 2. The molecule has 1 aromatic heterocycles. The summed E-state index contributed by atoms with van der Waals surface area (Å²) in [6, 6.07) is 1.39. The molecular weight excluding hydrogens is 266 g/mol. The molecule has 0 fully saturated rings. The van der Waals surface area contributed by atoms with Crippen molar-refractivity contribution in [2.45, 2.75) is 46.6 Å². The van der Waals surface area contributed by atoms with E-state index in [4.69, 9.17) is 16.7 Å². The molecule has 0 aliphatic heterocycles. The normalized spacial score (nSPS) is 12.3. The molecule has 1 rings (SSSR count). The van der Waals surface area contributed by atoms with Gasteiger partial charge in [0.25, 0.3) is 0 Å². The number of anilines is 1. The van der Waals surface area contributed by atoms with Gasteiger partial charge in [0.2, 0.25) is 5.28 Å². The molecule has 0 bridgehead atoms. The van der Waals surface area contributed by atoms with Gasteiger partial charge in [0.15, 0.2) is 5.69 Å². The van der Waals surface area contributed by atoms with E-state index in [1.165, 1.54) is 6.07 Å². The van der Waals surface area contributed by atoms with Crippen molar-refractivity contribution in [2.75, 3.05) is 5.32 Å². The van der Waals surface area contributed by atoms with Crippen LogP contribution in [0, 0.1) is 5.41 Å². The zero-order valence-corrected chi connectivity index (χ0v) is 12.7. The maximum atomic E-state index is 10.9. The number of aromatic carboxylic acids is 1. The first kappa shape index (κ1) is 15.7. The van der Waals surface area contributed by atoms with Crippen LogP contribution in [-0.4, -0.2) is 26.6 Å². The third-order valence-electron chi connectivity index (χ3n) is 2.36. The molecule has 2 N–H and O–H groups in total. The Labute approximate surface area is 118 Å². The quantitative estimate of drug-likeness (QED) is 0.829. The number of carboxylic acids is 1. The number of halogens is 1. The van der Waals surface area contributed by atoms with Gasteiger partial charge in [-0.25, -0.2) is 14.8 Å². The summed E-state index contributed by atoms with van der Waals surface area (Å²) >= 11 is 5.73. The van der Waals surface area contributed by atoms with E-state index in [2.05, 4.69) is 36.1 Å². The lowest BCUT2D eigenvalue weighted by molar-refractivity contribution is 0.0690. The van der Waals surface area contributed by atoms with Gasteiger partial charge in [-0.1, -0.05) is 20.8 Å². The van der Waals surface area contributed by atoms with E-state index in [9.17, 15) is 4.79 Å². The molecule has 0 atom stereocenters.